The molecule has 2 aliphatic carbocycles. The Morgan fingerprint density at radius 1 is 0.619 bits per heavy atom. The van der Waals surface area contributed by atoms with E-state index in [0.29, 0.717) is 0 Å². The van der Waals surface area contributed by atoms with Crippen LogP contribution in [0.5, 0.6) is 0 Å². The molecular weight excluding hydrogens is 252 g/mol. The Hall–Kier alpha value is -0.520. The Balaban J connectivity index is 0.000000308. The van der Waals surface area contributed by atoms with Crippen molar-refractivity contribution in [1.29, 1.82) is 0 Å². The van der Waals surface area contributed by atoms with Crippen molar-refractivity contribution in [2.45, 2.75) is 98.3 Å². The summed E-state index contributed by atoms with van der Waals surface area (Å²) in [5, 5.41) is 0. The highest BCUT2D eigenvalue weighted by molar-refractivity contribution is 4.84. The molecular formula is C21H40. The van der Waals surface area contributed by atoms with Crippen molar-refractivity contribution in [3.8, 4) is 0 Å². The summed E-state index contributed by atoms with van der Waals surface area (Å²) in [6.45, 7) is 8.86. The van der Waals surface area contributed by atoms with Crippen LogP contribution in [-0.4, -0.2) is 0 Å². The van der Waals surface area contributed by atoms with E-state index in [1.54, 1.807) is 0 Å². The number of rotatable bonds is 0. The molecule has 1 atom stereocenters. The van der Waals surface area contributed by atoms with Gasteiger partial charge in [0.2, 0.25) is 0 Å². The quantitative estimate of drug-likeness (QED) is 0.401. The molecule has 0 aromatic carbocycles. The van der Waals surface area contributed by atoms with Gasteiger partial charge in [0.25, 0.3) is 0 Å². The largest absolute Gasteiger partial charge is 0.0885 e. The molecule has 0 saturated heterocycles. The zero-order valence-electron chi connectivity index (χ0n) is 15.2. The molecule has 0 radical (unpaired) electrons. The second kappa shape index (κ2) is 15.9. The lowest BCUT2D eigenvalue weighted by Gasteiger charge is -2.10. The molecule has 0 nitrogen and oxygen atoms in total. The Morgan fingerprint density at radius 2 is 1.05 bits per heavy atom. The molecule has 0 N–H and O–H groups in total. The first-order valence-corrected chi connectivity index (χ1v) is 9.43. The minimum absolute atomic E-state index is 0.833. The SMILES string of the molecule is C1=CCCCCCC1.CC(C)C.CC1CC/C=C/CCC1. The molecule has 2 rings (SSSR count). The van der Waals surface area contributed by atoms with Crippen LogP contribution in [0.2, 0.25) is 0 Å². The van der Waals surface area contributed by atoms with Crippen LogP contribution in [-0.2, 0) is 0 Å². The molecule has 0 heterocycles. The highest BCUT2D eigenvalue weighted by Gasteiger charge is 2.01. The van der Waals surface area contributed by atoms with Gasteiger partial charge in [0.15, 0.2) is 0 Å². The minimum Gasteiger partial charge on any atom is -0.0885 e. The molecule has 0 aliphatic heterocycles. The summed E-state index contributed by atoms with van der Waals surface area (Å²) in [6, 6.07) is 0. The van der Waals surface area contributed by atoms with Crippen molar-refractivity contribution in [1.82, 2.24) is 0 Å². The van der Waals surface area contributed by atoms with Crippen molar-refractivity contribution < 1.29 is 0 Å². The molecule has 0 aromatic heterocycles. The van der Waals surface area contributed by atoms with Crippen molar-refractivity contribution in [2.75, 3.05) is 0 Å². The van der Waals surface area contributed by atoms with Crippen molar-refractivity contribution >= 4 is 0 Å². The predicted molar refractivity (Wildman–Crippen MR) is 98.7 cm³/mol. The summed E-state index contributed by atoms with van der Waals surface area (Å²) in [4.78, 5) is 0. The average Bonchev–Trinajstić information content (AvgIpc) is 2.33. The second-order valence-electron chi connectivity index (χ2n) is 7.28. The van der Waals surface area contributed by atoms with Gasteiger partial charge in [-0.25, -0.2) is 0 Å². The molecule has 0 fully saturated rings. The lowest BCUT2D eigenvalue weighted by molar-refractivity contribution is 0.473. The predicted octanol–water partition coefficient (Wildman–Crippen LogP) is 7.70. The fourth-order valence-corrected chi connectivity index (χ4v) is 2.46. The maximum atomic E-state index is 2.36. The van der Waals surface area contributed by atoms with E-state index in [1.165, 1.54) is 70.6 Å². The van der Waals surface area contributed by atoms with E-state index in [1.807, 2.05) is 0 Å². The van der Waals surface area contributed by atoms with E-state index < -0.39 is 0 Å². The van der Waals surface area contributed by atoms with Crippen molar-refractivity contribution in [2.24, 2.45) is 11.8 Å². The van der Waals surface area contributed by atoms with Gasteiger partial charge in [-0.2, -0.15) is 0 Å². The molecule has 0 bridgehead atoms. The maximum absolute atomic E-state index is 2.36. The van der Waals surface area contributed by atoms with Crippen LogP contribution >= 0.6 is 0 Å². The molecule has 124 valence electrons. The Labute approximate surface area is 135 Å². The van der Waals surface area contributed by atoms with Gasteiger partial charge in [-0.3, -0.25) is 0 Å². The third-order valence-corrected chi connectivity index (χ3v) is 3.72. The standard InChI is InChI=1S/C9H16.C8H14.C4H10/c1-9-7-5-3-2-4-6-8-9;1-2-4-6-8-7-5-3-1;1-4(2)3/h2-3,9H,4-8H2,1H3;1-2H,3-8H2;4H,1-3H3/b3-2+;;. The van der Waals surface area contributed by atoms with Gasteiger partial charge in [-0.1, -0.05) is 71.3 Å². The van der Waals surface area contributed by atoms with Gasteiger partial charge in [0, 0.05) is 0 Å². The first-order chi connectivity index (χ1) is 10.1. The van der Waals surface area contributed by atoms with Crippen LogP contribution in [0.15, 0.2) is 24.3 Å². The maximum Gasteiger partial charge on any atom is -0.0348 e. The molecule has 0 amide bonds. The Bertz CT molecular complexity index is 234. The lowest BCUT2D eigenvalue weighted by Crippen LogP contribution is -1.95. The highest BCUT2D eigenvalue weighted by atomic mass is 14.1. The van der Waals surface area contributed by atoms with Crippen molar-refractivity contribution in [3.63, 3.8) is 0 Å². The first kappa shape index (κ1) is 20.5. The van der Waals surface area contributed by atoms with E-state index >= 15 is 0 Å². The molecule has 2 aliphatic rings. The van der Waals surface area contributed by atoms with Crippen LogP contribution in [0.1, 0.15) is 98.3 Å². The molecule has 0 aromatic rings. The van der Waals surface area contributed by atoms with Crippen LogP contribution in [0.3, 0.4) is 0 Å². The zero-order valence-corrected chi connectivity index (χ0v) is 15.2. The van der Waals surface area contributed by atoms with Crippen molar-refractivity contribution in [3.05, 3.63) is 24.3 Å². The third-order valence-electron chi connectivity index (χ3n) is 3.72. The van der Waals surface area contributed by atoms with Gasteiger partial charge in [-0.05, 0) is 63.2 Å². The summed E-state index contributed by atoms with van der Waals surface area (Å²) < 4.78 is 0. The average molecular weight is 293 g/mol. The monoisotopic (exact) mass is 292 g/mol. The summed E-state index contributed by atoms with van der Waals surface area (Å²) in [7, 11) is 0. The van der Waals surface area contributed by atoms with E-state index in [-0.39, 0.29) is 0 Å². The van der Waals surface area contributed by atoms with E-state index in [0.717, 1.165) is 11.8 Å². The first-order valence-electron chi connectivity index (χ1n) is 9.43. The smallest absolute Gasteiger partial charge is 0.0348 e. The van der Waals surface area contributed by atoms with Gasteiger partial charge in [0.05, 0.1) is 0 Å². The van der Waals surface area contributed by atoms with Gasteiger partial charge < -0.3 is 0 Å². The summed E-state index contributed by atoms with van der Waals surface area (Å²) in [5.74, 6) is 1.80. The van der Waals surface area contributed by atoms with E-state index in [9.17, 15) is 0 Å². The zero-order chi connectivity index (χ0) is 15.8. The van der Waals surface area contributed by atoms with Crippen LogP contribution < -0.4 is 0 Å². The van der Waals surface area contributed by atoms with Crippen LogP contribution in [0, 0.1) is 11.8 Å². The Morgan fingerprint density at radius 3 is 1.57 bits per heavy atom. The van der Waals surface area contributed by atoms with Crippen LogP contribution in [0.25, 0.3) is 0 Å². The molecule has 0 spiro atoms. The van der Waals surface area contributed by atoms with Gasteiger partial charge in [-0.15, -0.1) is 0 Å². The fraction of sp³-hybridized carbons (Fsp3) is 0.810. The number of hydrogen-bond donors (Lipinski definition) is 0. The lowest BCUT2D eigenvalue weighted by atomic mass is 9.96. The second-order valence-corrected chi connectivity index (χ2v) is 7.28. The highest BCUT2D eigenvalue weighted by Crippen LogP contribution is 2.17. The van der Waals surface area contributed by atoms with Crippen LogP contribution in [0.4, 0.5) is 0 Å². The van der Waals surface area contributed by atoms with Gasteiger partial charge in [0.1, 0.15) is 0 Å². The summed E-state index contributed by atoms with van der Waals surface area (Å²) in [6.07, 6.45) is 24.5. The molecule has 0 saturated carbocycles. The van der Waals surface area contributed by atoms with Gasteiger partial charge >= 0.3 is 0 Å². The minimum atomic E-state index is 0.833. The van der Waals surface area contributed by atoms with E-state index in [2.05, 4.69) is 52.0 Å². The summed E-state index contributed by atoms with van der Waals surface area (Å²) in [5.41, 5.74) is 0. The Kier molecular flexibility index (Phi) is 15.5. The molecule has 21 heavy (non-hydrogen) atoms. The fourth-order valence-electron chi connectivity index (χ4n) is 2.46. The molecule has 1 unspecified atom stereocenters. The normalized spacial score (nSPS) is 24.1. The third kappa shape index (κ3) is 19.5. The van der Waals surface area contributed by atoms with E-state index in [4.69, 9.17) is 0 Å². The number of hydrogen-bond acceptors (Lipinski definition) is 0. The number of allylic oxidation sites excluding steroid dienone is 4. The summed E-state index contributed by atoms with van der Waals surface area (Å²) >= 11 is 0. The topological polar surface area (TPSA) is 0 Å². The molecule has 0 heteroatoms.